The molecule has 0 heterocycles. The van der Waals surface area contributed by atoms with Crippen LogP contribution in [0.4, 0.5) is 0 Å². The quantitative estimate of drug-likeness (QED) is 0.313. The minimum atomic E-state index is 0.352. The number of hydrogen-bond acceptors (Lipinski definition) is 3. The highest BCUT2D eigenvalue weighted by Gasteiger charge is 2.03. The maximum absolute atomic E-state index is 6.14. The predicted molar refractivity (Wildman–Crippen MR) is 109 cm³/mol. The molecule has 130 valence electrons. The van der Waals surface area contributed by atoms with Crippen LogP contribution in [0, 0.1) is 0 Å². The van der Waals surface area contributed by atoms with Crippen molar-refractivity contribution in [1.29, 1.82) is 0 Å². The Bertz CT molecular complexity index is 781. The van der Waals surface area contributed by atoms with Gasteiger partial charge in [-0.3, -0.25) is 5.43 Å². The summed E-state index contributed by atoms with van der Waals surface area (Å²) in [7, 11) is 0. The monoisotopic (exact) mass is 393 g/mol. The molecule has 7 heteroatoms. The van der Waals surface area contributed by atoms with E-state index in [4.69, 9.17) is 40.2 Å². The lowest BCUT2D eigenvalue weighted by molar-refractivity contribution is 0.306. The standard InChI is InChI=1S/C18H17Cl2N3OS/c1-2-8-21-18(25)23-22-11-13-4-3-5-16(9-13)24-12-14-6-7-15(19)10-17(14)20/h2-7,9-11H,1,8,12H2,(H2,21,23,25). The van der Waals surface area contributed by atoms with Crippen LogP contribution in [0.15, 0.2) is 60.2 Å². The molecule has 0 aliphatic rings. The third kappa shape index (κ3) is 6.74. The van der Waals surface area contributed by atoms with Gasteiger partial charge in [-0.2, -0.15) is 5.10 Å². The average Bonchev–Trinajstić information content (AvgIpc) is 2.59. The molecule has 2 aromatic rings. The first-order valence-electron chi connectivity index (χ1n) is 7.43. The van der Waals surface area contributed by atoms with Gasteiger partial charge in [0.1, 0.15) is 12.4 Å². The van der Waals surface area contributed by atoms with Crippen molar-refractivity contribution in [3.05, 3.63) is 76.3 Å². The van der Waals surface area contributed by atoms with Gasteiger partial charge in [-0.15, -0.1) is 6.58 Å². The molecule has 0 saturated carbocycles. The predicted octanol–water partition coefficient (Wildman–Crippen LogP) is 4.56. The SMILES string of the molecule is C=CCNC(=S)NN=Cc1cccc(OCc2ccc(Cl)cc2Cl)c1. The summed E-state index contributed by atoms with van der Waals surface area (Å²) in [6.45, 7) is 4.54. The van der Waals surface area contributed by atoms with Crippen LogP contribution < -0.4 is 15.5 Å². The Morgan fingerprint density at radius 1 is 1.24 bits per heavy atom. The van der Waals surface area contributed by atoms with Gasteiger partial charge in [-0.05, 0) is 42.0 Å². The topological polar surface area (TPSA) is 45.7 Å². The average molecular weight is 394 g/mol. The van der Waals surface area contributed by atoms with Crippen molar-refractivity contribution < 1.29 is 4.74 Å². The fourth-order valence-electron chi connectivity index (χ4n) is 1.85. The highest BCUT2D eigenvalue weighted by atomic mass is 35.5. The van der Waals surface area contributed by atoms with Gasteiger partial charge in [0.05, 0.1) is 6.21 Å². The van der Waals surface area contributed by atoms with E-state index in [-0.39, 0.29) is 0 Å². The molecular weight excluding hydrogens is 377 g/mol. The second-order valence-corrected chi connectivity index (χ2v) is 6.22. The minimum absolute atomic E-state index is 0.352. The number of nitrogens with zero attached hydrogens (tertiary/aromatic N) is 1. The van der Waals surface area contributed by atoms with Crippen LogP contribution in [-0.4, -0.2) is 17.9 Å². The van der Waals surface area contributed by atoms with E-state index >= 15 is 0 Å². The molecule has 0 atom stereocenters. The lowest BCUT2D eigenvalue weighted by Crippen LogP contribution is -2.31. The molecule has 0 radical (unpaired) electrons. The van der Waals surface area contributed by atoms with Crippen LogP contribution in [0.5, 0.6) is 5.75 Å². The third-order valence-electron chi connectivity index (χ3n) is 3.05. The summed E-state index contributed by atoms with van der Waals surface area (Å²) in [4.78, 5) is 0. The van der Waals surface area contributed by atoms with Crippen LogP contribution in [-0.2, 0) is 6.61 Å². The van der Waals surface area contributed by atoms with Gasteiger partial charge in [-0.1, -0.05) is 47.5 Å². The zero-order chi connectivity index (χ0) is 18.1. The zero-order valence-electron chi connectivity index (χ0n) is 13.3. The van der Waals surface area contributed by atoms with Crippen LogP contribution in [0.1, 0.15) is 11.1 Å². The van der Waals surface area contributed by atoms with Gasteiger partial charge >= 0.3 is 0 Å². The van der Waals surface area contributed by atoms with E-state index in [2.05, 4.69) is 22.4 Å². The van der Waals surface area contributed by atoms with E-state index in [9.17, 15) is 0 Å². The maximum Gasteiger partial charge on any atom is 0.187 e. The fourth-order valence-corrected chi connectivity index (χ4v) is 2.45. The van der Waals surface area contributed by atoms with Crippen molar-refractivity contribution in [2.45, 2.75) is 6.61 Å². The van der Waals surface area contributed by atoms with Crippen molar-refractivity contribution in [1.82, 2.24) is 10.7 Å². The second-order valence-electron chi connectivity index (χ2n) is 4.97. The molecular formula is C18H17Cl2N3OS. The second kappa shape index (κ2) is 10.0. The zero-order valence-corrected chi connectivity index (χ0v) is 15.7. The van der Waals surface area contributed by atoms with Crippen molar-refractivity contribution in [2.24, 2.45) is 5.10 Å². The molecule has 2 rings (SSSR count). The Hall–Kier alpha value is -2.08. The number of halogens is 2. The number of rotatable bonds is 7. The summed E-state index contributed by atoms with van der Waals surface area (Å²) in [5.74, 6) is 0.710. The van der Waals surface area contributed by atoms with E-state index < -0.39 is 0 Å². The molecule has 0 aliphatic heterocycles. The third-order valence-corrected chi connectivity index (χ3v) is 3.88. The molecule has 0 bridgehead atoms. The van der Waals surface area contributed by atoms with Crippen molar-refractivity contribution >= 4 is 46.7 Å². The van der Waals surface area contributed by atoms with Crippen molar-refractivity contribution in [2.75, 3.05) is 6.54 Å². The van der Waals surface area contributed by atoms with Crippen molar-refractivity contribution in [3.8, 4) is 5.75 Å². The molecule has 2 N–H and O–H groups in total. The summed E-state index contributed by atoms with van der Waals surface area (Å²) < 4.78 is 5.78. The minimum Gasteiger partial charge on any atom is -0.489 e. The van der Waals surface area contributed by atoms with Gasteiger partial charge in [0, 0.05) is 22.2 Å². The van der Waals surface area contributed by atoms with E-state index in [0.29, 0.717) is 34.1 Å². The molecule has 4 nitrogen and oxygen atoms in total. The highest BCUT2D eigenvalue weighted by Crippen LogP contribution is 2.22. The highest BCUT2D eigenvalue weighted by molar-refractivity contribution is 7.80. The summed E-state index contributed by atoms with van der Waals surface area (Å²) in [6.07, 6.45) is 3.37. The molecule has 0 saturated heterocycles. The van der Waals surface area contributed by atoms with Crippen LogP contribution >= 0.6 is 35.4 Å². The first-order valence-corrected chi connectivity index (χ1v) is 8.59. The smallest absolute Gasteiger partial charge is 0.187 e. The number of hydrogen-bond donors (Lipinski definition) is 2. The first-order chi connectivity index (χ1) is 12.1. The van der Waals surface area contributed by atoms with Gasteiger partial charge in [0.25, 0.3) is 0 Å². The summed E-state index contributed by atoms with van der Waals surface area (Å²) in [5, 5.41) is 8.60. The molecule has 0 aliphatic carbocycles. The number of hydrazone groups is 1. The van der Waals surface area contributed by atoms with Gasteiger partial charge < -0.3 is 10.1 Å². The number of ether oxygens (including phenoxy) is 1. The van der Waals surface area contributed by atoms with E-state index in [1.807, 2.05) is 30.3 Å². The summed E-state index contributed by atoms with van der Waals surface area (Å²) >= 11 is 17.1. The lowest BCUT2D eigenvalue weighted by atomic mass is 10.2. The summed E-state index contributed by atoms with van der Waals surface area (Å²) in [6, 6.07) is 12.9. The van der Waals surface area contributed by atoms with Crippen LogP contribution in [0.25, 0.3) is 0 Å². The molecule has 25 heavy (non-hydrogen) atoms. The Morgan fingerprint density at radius 3 is 2.84 bits per heavy atom. The largest absolute Gasteiger partial charge is 0.489 e. The van der Waals surface area contributed by atoms with Gasteiger partial charge in [0.15, 0.2) is 5.11 Å². The Kier molecular flexibility index (Phi) is 7.73. The lowest BCUT2D eigenvalue weighted by Gasteiger charge is -2.08. The number of benzene rings is 2. The number of thiocarbonyl (C=S) groups is 1. The van der Waals surface area contributed by atoms with Crippen LogP contribution in [0.3, 0.4) is 0 Å². The fraction of sp³-hybridized carbons (Fsp3) is 0.111. The molecule has 0 amide bonds. The first kappa shape index (κ1) is 19.2. The van der Waals surface area contributed by atoms with E-state index in [1.165, 1.54) is 0 Å². The van der Waals surface area contributed by atoms with Crippen LogP contribution in [0.2, 0.25) is 10.0 Å². The Balaban J connectivity index is 1.92. The number of nitrogens with one attached hydrogen (secondary N) is 2. The van der Waals surface area contributed by atoms with E-state index in [0.717, 1.165) is 11.1 Å². The maximum atomic E-state index is 6.14. The van der Waals surface area contributed by atoms with Gasteiger partial charge in [0.2, 0.25) is 0 Å². The molecule has 2 aromatic carbocycles. The molecule has 0 fully saturated rings. The summed E-state index contributed by atoms with van der Waals surface area (Å²) in [5.41, 5.74) is 4.47. The molecule has 0 aromatic heterocycles. The Labute approximate surface area is 162 Å². The molecule has 0 unspecified atom stereocenters. The molecule has 0 spiro atoms. The van der Waals surface area contributed by atoms with E-state index in [1.54, 1.807) is 24.4 Å². The normalized spacial score (nSPS) is 10.5. The Morgan fingerprint density at radius 2 is 2.08 bits per heavy atom. The van der Waals surface area contributed by atoms with Crippen molar-refractivity contribution in [3.63, 3.8) is 0 Å². The van der Waals surface area contributed by atoms with Gasteiger partial charge in [-0.25, -0.2) is 0 Å².